The first-order valence-corrected chi connectivity index (χ1v) is 10.7. The molecule has 3 heterocycles. The van der Waals surface area contributed by atoms with Gasteiger partial charge in [0.05, 0.1) is 22.6 Å². The number of nitrogens with zero attached hydrogens (tertiary/aromatic N) is 5. The van der Waals surface area contributed by atoms with Crippen LogP contribution < -0.4 is 15.4 Å². The quantitative estimate of drug-likeness (QED) is 0.447. The van der Waals surface area contributed by atoms with E-state index in [1.54, 1.807) is 49.6 Å². The number of fused-ring (bicyclic) bond motifs is 1. The minimum Gasteiger partial charge on any atom is -0.438 e. The third-order valence-electron chi connectivity index (χ3n) is 5.14. The monoisotopic (exact) mass is 465 g/mol. The van der Waals surface area contributed by atoms with Crippen molar-refractivity contribution in [1.29, 1.82) is 0 Å². The van der Waals surface area contributed by atoms with Crippen molar-refractivity contribution in [3.63, 3.8) is 0 Å². The molecule has 1 aliphatic carbocycles. The molecule has 1 aliphatic rings. The van der Waals surface area contributed by atoms with Crippen molar-refractivity contribution < 1.29 is 14.3 Å². The maximum atomic E-state index is 12.6. The molecule has 1 fully saturated rings. The van der Waals surface area contributed by atoms with E-state index in [0.717, 1.165) is 18.5 Å². The number of aryl methyl sites for hydroxylation is 2. The summed E-state index contributed by atoms with van der Waals surface area (Å²) < 4.78 is 8.89. The second kappa shape index (κ2) is 8.21. The summed E-state index contributed by atoms with van der Waals surface area (Å²) in [6.45, 7) is 1.81. The fourth-order valence-corrected chi connectivity index (χ4v) is 3.51. The number of nitrogens with one attached hydrogen (secondary N) is 2. The van der Waals surface area contributed by atoms with E-state index in [-0.39, 0.29) is 17.7 Å². The van der Waals surface area contributed by atoms with Gasteiger partial charge in [0.25, 0.3) is 5.91 Å². The van der Waals surface area contributed by atoms with E-state index >= 15 is 0 Å². The molecule has 168 valence electrons. The van der Waals surface area contributed by atoms with Crippen molar-refractivity contribution in [2.24, 2.45) is 13.0 Å². The minimum atomic E-state index is -0.337. The lowest BCUT2D eigenvalue weighted by molar-refractivity contribution is -0.117. The molecule has 2 amide bonds. The number of carbonyl (C=O) groups excluding carboxylic acids is 2. The number of carbonyl (C=O) groups is 2. The zero-order valence-corrected chi connectivity index (χ0v) is 18.6. The van der Waals surface area contributed by atoms with Gasteiger partial charge in [-0.1, -0.05) is 11.6 Å². The van der Waals surface area contributed by atoms with Crippen LogP contribution in [-0.4, -0.2) is 36.2 Å². The highest BCUT2D eigenvalue weighted by molar-refractivity contribution is 6.34. The summed E-state index contributed by atoms with van der Waals surface area (Å²) in [4.78, 5) is 28.9. The Labute approximate surface area is 193 Å². The van der Waals surface area contributed by atoms with Gasteiger partial charge in [-0.25, -0.2) is 9.50 Å². The van der Waals surface area contributed by atoms with E-state index < -0.39 is 0 Å². The third-order valence-corrected chi connectivity index (χ3v) is 5.47. The Hall–Kier alpha value is -3.92. The normalized spacial score (nSPS) is 13.2. The first-order valence-electron chi connectivity index (χ1n) is 10.3. The summed E-state index contributed by atoms with van der Waals surface area (Å²) >= 11 is 6.27. The molecule has 5 rings (SSSR count). The SMILES string of the molecule is Cc1cc(C(=O)Nc2cc(Oc3ccc4nc(NC(=O)C5CC5)cn4n3)ccc2Cl)n(C)n1. The second-order valence-corrected chi connectivity index (χ2v) is 8.26. The number of anilines is 2. The van der Waals surface area contributed by atoms with Crippen LogP contribution in [0.25, 0.3) is 5.65 Å². The standard InChI is InChI=1S/C22H20ClN7O3/c1-12-9-17(29(2)27-12)22(32)24-16-10-14(5-6-15(16)23)33-20-8-7-19-25-18(11-30(19)28-20)26-21(31)13-3-4-13/h5-11,13H,3-4H2,1-2H3,(H,24,32)(H,26,31). The largest absolute Gasteiger partial charge is 0.438 e. The van der Waals surface area contributed by atoms with Crippen LogP contribution in [0.3, 0.4) is 0 Å². The molecule has 0 saturated heterocycles. The van der Waals surface area contributed by atoms with Gasteiger partial charge in [0.15, 0.2) is 11.5 Å². The van der Waals surface area contributed by atoms with Gasteiger partial charge in [0.1, 0.15) is 11.4 Å². The van der Waals surface area contributed by atoms with Crippen molar-refractivity contribution in [3.05, 3.63) is 59.0 Å². The summed E-state index contributed by atoms with van der Waals surface area (Å²) in [5.74, 6) is 0.913. The Morgan fingerprint density at radius 2 is 1.94 bits per heavy atom. The average Bonchev–Trinajstić information content (AvgIpc) is 3.46. The number of hydrogen-bond acceptors (Lipinski definition) is 6. The lowest BCUT2D eigenvalue weighted by atomic mass is 10.2. The van der Waals surface area contributed by atoms with Crippen LogP contribution in [-0.2, 0) is 11.8 Å². The Morgan fingerprint density at radius 3 is 2.67 bits per heavy atom. The van der Waals surface area contributed by atoms with Crippen LogP contribution in [0.15, 0.2) is 42.6 Å². The van der Waals surface area contributed by atoms with Crippen molar-refractivity contribution >= 4 is 40.6 Å². The molecule has 33 heavy (non-hydrogen) atoms. The number of ether oxygens (including phenoxy) is 1. The van der Waals surface area contributed by atoms with E-state index in [1.807, 2.05) is 6.92 Å². The van der Waals surface area contributed by atoms with Crippen LogP contribution in [0.4, 0.5) is 11.5 Å². The van der Waals surface area contributed by atoms with Crippen molar-refractivity contribution in [2.75, 3.05) is 10.6 Å². The molecule has 0 spiro atoms. The molecular formula is C22H20ClN7O3. The zero-order valence-electron chi connectivity index (χ0n) is 17.9. The molecule has 2 N–H and O–H groups in total. The van der Waals surface area contributed by atoms with Crippen LogP contribution in [0.1, 0.15) is 29.0 Å². The number of benzene rings is 1. The molecule has 1 aromatic carbocycles. The Morgan fingerprint density at radius 1 is 1.12 bits per heavy atom. The molecule has 0 unspecified atom stereocenters. The first kappa shape index (κ1) is 21.0. The molecule has 0 atom stereocenters. The predicted octanol–water partition coefficient (Wildman–Crippen LogP) is 3.82. The van der Waals surface area contributed by atoms with Crippen LogP contribution in [0.5, 0.6) is 11.6 Å². The number of imidazole rings is 1. The highest BCUT2D eigenvalue weighted by Gasteiger charge is 2.30. The summed E-state index contributed by atoms with van der Waals surface area (Å²) in [5.41, 5.74) is 2.12. The molecule has 10 nitrogen and oxygen atoms in total. The zero-order chi connectivity index (χ0) is 23.1. The van der Waals surface area contributed by atoms with Gasteiger partial charge in [-0.15, -0.1) is 5.10 Å². The minimum absolute atomic E-state index is 0.0214. The molecule has 11 heteroatoms. The van der Waals surface area contributed by atoms with Gasteiger partial charge in [-0.05, 0) is 44.0 Å². The summed E-state index contributed by atoms with van der Waals surface area (Å²) in [6.07, 6.45) is 3.47. The van der Waals surface area contributed by atoms with Gasteiger partial charge in [-0.3, -0.25) is 14.3 Å². The predicted molar refractivity (Wildman–Crippen MR) is 122 cm³/mol. The fourth-order valence-electron chi connectivity index (χ4n) is 3.35. The van der Waals surface area contributed by atoms with Gasteiger partial charge in [0.2, 0.25) is 11.8 Å². The molecule has 0 bridgehead atoms. The van der Waals surface area contributed by atoms with Crippen LogP contribution in [0.2, 0.25) is 5.02 Å². The van der Waals surface area contributed by atoms with Gasteiger partial charge in [0, 0.05) is 25.1 Å². The Balaban J connectivity index is 1.32. The lowest BCUT2D eigenvalue weighted by Gasteiger charge is -2.10. The second-order valence-electron chi connectivity index (χ2n) is 7.86. The maximum Gasteiger partial charge on any atom is 0.273 e. The lowest BCUT2D eigenvalue weighted by Crippen LogP contribution is -2.16. The Kier molecular flexibility index (Phi) is 5.21. The van der Waals surface area contributed by atoms with Crippen molar-refractivity contribution in [3.8, 4) is 11.6 Å². The number of aromatic nitrogens is 5. The summed E-state index contributed by atoms with van der Waals surface area (Å²) in [7, 11) is 1.70. The maximum absolute atomic E-state index is 12.6. The molecule has 1 saturated carbocycles. The molecule has 3 aromatic heterocycles. The van der Waals surface area contributed by atoms with Gasteiger partial charge < -0.3 is 15.4 Å². The third kappa shape index (κ3) is 4.51. The van der Waals surface area contributed by atoms with Crippen LogP contribution >= 0.6 is 11.6 Å². The van der Waals surface area contributed by atoms with Gasteiger partial charge >= 0.3 is 0 Å². The molecule has 4 aromatic rings. The van der Waals surface area contributed by atoms with Crippen molar-refractivity contribution in [2.45, 2.75) is 19.8 Å². The molecule has 0 aliphatic heterocycles. The van der Waals surface area contributed by atoms with Gasteiger partial charge in [-0.2, -0.15) is 5.10 Å². The van der Waals surface area contributed by atoms with E-state index in [9.17, 15) is 9.59 Å². The Bertz CT molecular complexity index is 1390. The highest BCUT2D eigenvalue weighted by atomic mass is 35.5. The first-order chi connectivity index (χ1) is 15.9. The molecule has 0 radical (unpaired) electrons. The highest BCUT2D eigenvalue weighted by Crippen LogP contribution is 2.31. The van der Waals surface area contributed by atoms with Crippen molar-refractivity contribution in [1.82, 2.24) is 24.4 Å². The number of hydrogen-bond donors (Lipinski definition) is 2. The molecular weight excluding hydrogens is 446 g/mol. The summed E-state index contributed by atoms with van der Waals surface area (Å²) in [6, 6.07) is 10.0. The van der Waals surface area contributed by atoms with E-state index in [1.165, 1.54) is 9.20 Å². The van der Waals surface area contributed by atoms with E-state index in [0.29, 0.717) is 39.5 Å². The number of amides is 2. The van der Waals surface area contributed by atoms with E-state index in [4.69, 9.17) is 16.3 Å². The summed E-state index contributed by atoms with van der Waals surface area (Å²) in [5, 5.41) is 14.5. The average molecular weight is 466 g/mol. The number of rotatable bonds is 6. The smallest absolute Gasteiger partial charge is 0.273 e. The fraction of sp³-hybridized carbons (Fsp3) is 0.227. The van der Waals surface area contributed by atoms with E-state index in [2.05, 4.69) is 25.8 Å². The van der Waals surface area contributed by atoms with Crippen LogP contribution in [0, 0.1) is 12.8 Å². The number of halogens is 1. The topological polar surface area (TPSA) is 115 Å².